The summed E-state index contributed by atoms with van der Waals surface area (Å²) < 4.78 is 26.7. The number of anilines is 1. The Balaban J connectivity index is 2.42. The van der Waals surface area contributed by atoms with Crippen LogP contribution >= 0.6 is 23.2 Å². The highest BCUT2D eigenvalue weighted by Gasteiger charge is 2.18. The number of hydrogen-bond acceptors (Lipinski definition) is 4. The standard InChI is InChI=1S/C11H9Cl2N3O2S/c1-7-2-4-15-11(13)10(7)16-19(17,18)8-3-5-14-9(12)6-8/h2-6,16H,1H3. The lowest BCUT2D eigenvalue weighted by Crippen LogP contribution is -2.14. The lowest BCUT2D eigenvalue weighted by atomic mass is 10.3. The van der Waals surface area contributed by atoms with Gasteiger partial charge in [-0.1, -0.05) is 23.2 Å². The van der Waals surface area contributed by atoms with Gasteiger partial charge in [-0.2, -0.15) is 0 Å². The van der Waals surface area contributed by atoms with Crippen molar-refractivity contribution in [3.63, 3.8) is 0 Å². The SMILES string of the molecule is Cc1ccnc(Cl)c1NS(=O)(=O)c1ccnc(Cl)c1. The Morgan fingerprint density at radius 2 is 1.84 bits per heavy atom. The van der Waals surface area contributed by atoms with E-state index in [1.807, 2.05) is 0 Å². The summed E-state index contributed by atoms with van der Waals surface area (Å²) in [5, 5.41) is 0.181. The number of aryl methyl sites for hydroxylation is 1. The summed E-state index contributed by atoms with van der Waals surface area (Å²) in [6.07, 6.45) is 2.81. The molecule has 0 aliphatic rings. The molecule has 0 saturated carbocycles. The van der Waals surface area contributed by atoms with Gasteiger partial charge in [0.2, 0.25) is 0 Å². The van der Waals surface area contributed by atoms with Crippen LogP contribution < -0.4 is 4.72 Å². The number of nitrogens with one attached hydrogen (secondary N) is 1. The van der Waals surface area contributed by atoms with Crippen molar-refractivity contribution in [3.05, 3.63) is 46.5 Å². The zero-order chi connectivity index (χ0) is 14.0. The number of rotatable bonds is 3. The number of hydrogen-bond donors (Lipinski definition) is 1. The number of sulfonamides is 1. The van der Waals surface area contributed by atoms with Gasteiger partial charge in [0, 0.05) is 12.4 Å². The van der Waals surface area contributed by atoms with Crippen molar-refractivity contribution in [1.29, 1.82) is 0 Å². The molecule has 0 aliphatic heterocycles. The van der Waals surface area contributed by atoms with E-state index >= 15 is 0 Å². The second kappa shape index (κ2) is 5.32. The van der Waals surface area contributed by atoms with Gasteiger partial charge in [0.05, 0.1) is 10.6 Å². The van der Waals surface area contributed by atoms with Gasteiger partial charge in [-0.25, -0.2) is 18.4 Å². The third-order valence-corrected chi connectivity index (χ3v) is 4.20. The van der Waals surface area contributed by atoms with Crippen LogP contribution in [0.3, 0.4) is 0 Å². The molecule has 0 saturated heterocycles. The molecule has 19 heavy (non-hydrogen) atoms. The van der Waals surface area contributed by atoms with Gasteiger partial charge in [0.15, 0.2) is 5.15 Å². The summed E-state index contributed by atoms with van der Waals surface area (Å²) in [4.78, 5) is 7.57. The summed E-state index contributed by atoms with van der Waals surface area (Å²) in [6, 6.07) is 4.25. The molecule has 0 aromatic carbocycles. The lowest BCUT2D eigenvalue weighted by molar-refractivity contribution is 0.601. The zero-order valence-corrected chi connectivity index (χ0v) is 12.1. The number of aromatic nitrogens is 2. The zero-order valence-electron chi connectivity index (χ0n) is 9.76. The van der Waals surface area contributed by atoms with Crippen molar-refractivity contribution >= 4 is 38.9 Å². The van der Waals surface area contributed by atoms with E-state index in [1.165, 1.54) is 24.5 Å². The summed E-state index contributed by atoms with van der Waals surface area (Å²) in [5.41, 5.74) is 0.917. The van der Waals surface area contributed by atoms with Crippen molar-refractivity contribution in [1.82, 2.24) is 9.97 Å². The monoisotopic (exact) mass is 317 g/mol. The van der Waals surface area contributed by atoms with E-state index in [2.05, 4.69) is 14.7 Å². The fourth-order valence-corrected chi connectivity index (χ4v) is 3.09. The van der Waals surface area contributed by atoms with Crippen LogP contribution in [0.25, 0.3) is 0 Å². The molecule has 0 unspecified atom stereocenters. The molecule has 2 heterocycles. The number of pyridine rings is 2. The summed E-state index contributed by atoms with van der Waals surface area (Å²) >= 11 is 11.6. The Labute approximate surface area is 120 Å². The second-order valence-electron chi connectivity index (χ2n) is 3.71. The Bertz CT molecular complexity index is 699. The minimum absolute atomic E-state index is 0.00631. The molecule has 8 heteroatoms. The highest BCUT2D eigenvalue weighted by molar-refractivity contribution is 7.92. The maximum atomic E-state index is 12.2. The second-order valence-corrected chi connectivity index (χ2v) is 6.14. The molecule has 0 bridgehead atoms. The molecular weight excluding hydrogens is 309 g/mol. The molecule has 2 aromatic rings. The van der Waals surface area contributed by atoms with Gasteiger partial charge in [-0.3, -0.25) is 4.72 Å². The third kappa shape index (κ3) is 3.15. The minimum atomic E-state index is -3.78. The van der Waals surface area contributed by atoms with E-state index in [9.17, 15) is 8.42 Å². The Morgan fingerprint density at radius 3 is 2.47 bits per heavy atom. The Hall–Kier alpha value is -1.37. The molecular formula is C11H9Cl2N3O2S. The molecule has 2 aromatic heterocycles. The van der Waals surface area contributed by atoms with Gasteiger partial charge < -0.3 is 0 Å². The molecule has 0 spiro atoms. The van der Waals surface area contributed by atoms with Crippen LogP contribution in [0.4, 0.5) is 5.69 Å². The van der Waals surface area contributed by atoms with Crippen LogP contribution in [0.2, 0.25) is 10.3 Å². The molecule has 2 rings (SSSR count). The maximum absolute atomic E-state index is 12.2. The van der Waals surface area contributed by atoms with Gasteiger partial charge in [-0.15, -0.1) is 0 Å². The first-order valence-corrected chi connectivity index (χ1v) is 7.39. The number of halogens is 2. The summed E-state index contributed by atoms with van der Waals surface area (Å²) in [5.74, 6) is 0. The van der Waals surface area contributed by atoms with Crippen LogP contribution in [0.5, 0.6) is 0 Å². The predicted octanol–water partition coefficient (Wildman–Crippen LogP) is 2.89. The highest BCUT2D eigenvalue weighted by Crippen LogP contribution is 2.26. The van der Waals surface area contributed by atoms with Crippen LogP contribution in [0.15, 0.2) is 35.5 Å². The molecule has 100 valence electrons. The topological polar surface area (TPSA) is 72.0 Å². The summed E-state index contributed by atoms with van der Waals surface area (Å²) in [6.45, 7) is 1.73. The fraction of sp³-hybridized carbons (Fsp3) is 0.0909. The first-order valence-electron chi connectivity index (χ1n) is 5.15. The first-order chi connectivity index (χ1) is 8.90. The average Bonchev–Trinajstić information content (AvgIpc) is 2.34. The van der Waals surface area contributed by atoms with Gasteiger partial charge in [0.25, 0.3) is 10.0 Å². The van der Waals surface area contributed by atoms with E-state index in [0.717, 1.165) is 0 Å². The molecule has 0 amide bonds. The molecule has 1 N–H and O–H groups in total. The van der Waals surface area contributed by atoms with Gasteiger partial charge >= 0.3 is 0 Å². The van der Waals surface area contributed by atoms with E-state index in [4.69, 9.17) is 23.2 Å². The van der Waals surface area contributed by atoms with Crippen LogP contribution in [0, 0.1) is 6.92 Å². The van der Waals surface area contributed by atoms with Crippen molar-refractivity contribution in [2.24, 2.45) is 0 Å². The average molecular weight is 318 g/mol. The number of nitrogens with zero attached hydrogens (tertiary/aromatic N) is 2. The predicted molar refractivity (Wildman–Crippen MR) is 74.0 cm³/mol. The van der Waals surface area contributed by atoms with Gasteiger partial charge in [0.1, 0.15) is 5.15 Å². The highest BCUT2D eigenvalue weighted by atomic mass is 35.5. The van der Waals surface area contributed by atoms with Crippen molar-refractivity contribution in [3.8, 4) is 0 Å². The smallest absolute Gasteiger partial charge is 0.262 e. The normalized spacial score (nSPS) is 11.3. The first kappa shape index (κ1) is 14.0. The molecule has 5 nitrogen and oxygen atoms in total. The van der Waals surface area contributed by atoms with Crippen molar-refractivity contribution in [2.75, 3.05) is 4.72 Å². The molecule has 0 fully saturated rings. The Morgan fingerprint density at radius 1 is 1.16 bits per heavy atom. The van der Waals surface area contributed by atoms with E-state index in [-0.39, 0.29) is 20.9 Å². The molecule has 0 aliphatic carbocycles. The Kier molecular flexibility index (Phi) is 3.93. The van der Waals surface area contributed by atoms with E-state index in [0.29, 0.717) is 5.56 Å². The van der Waals surface area contributed by atoms with Crippen LogP contribution in [-0.2, 0) is 10.0 Å². The molecule has 0 radical (unpaired) electrons. The van der Waals surface area contributed by atoms with Gasteiger partial charge in [-0.05, 0) is 30.7 Å². The quantitative estimate of drug-likeness (QED) is 0.883. The fourth-order valence-electron chi connectivity index (χ4n) is 1.39. The third-order valence-electron chi connectivity index (χ3n) is 2.36. The minimum Gasteiger partial charge on any atom is -0.276 e. The maximum Gasteiger partial charge on any atom is 0.262 e. The van der Waals surface area contributed by atoms with Crippen LogP contribution in [-0.4, -0.2) is 18.4 Å². The lowest BCUT2D eigenvalue weighted by Gasteiger charge is -2.11. The van der Waals surface area contributed by atoms with E-state index < -0.39 is 10.0 Å². The summed E-state index contributed by atoms with van der Waals surface area (Å²) in [7, 11) is -3.78. The van der Waals surface area contributed by atoms with Crippen LogP contribution in [0.1, 0.15) is 5.56 Å². The van der Waals surface area contributed by atoms with Crippen molar-refractivity contribution < 1.29 is 8.42 Å². The van der Waals surface area contributed by atoms with E-state index in [1.54, 1.807) is 13.0 Å². The largest absolute Gasteiger partial charge is 0.276 e. The van der Waals surface area contributed by atoms with Crippen molar-refractivity contribution in [2.45, 2.75) is 11.8 Å². The molecule has 0 atom stereocenters.